The van der Waals surface area contributed by atoms with Crippen molar-refractivity contribution in [1.29, 1.82) is 0 Å². The normalized spacial score (nSPS) is 16.7. The molecule has 146 valence electrons. The summed E-state index contributed by atoms with van der Waals surface area (Å²) in [6, 6.07) is 5.74. The van der Waals surface area contributed by atoms with Gasteiger partial charge in [0.1, 0.15) is 5.75 Å². The molecule has 1 atom stereocenters. The lowest BCUT2D eigenvalue weighted by atomic mass is 10.0. The molecule has 0 amide bonds. The van der Waals surface area contributed by atoms with E-state index in [0.717, 1.165) is 44.0 Å². The number of hydrogen-bond acceptors (Lipinski definition) is 3. The van der Waals surface area contributed by atoms with Crippen LogP contribution in [0.25, 0.3) is 0 Å². The van der Waals surface area contributed by atoms with Crippen LogP contribution in [0.5, 0.6) is 5.75 Å². The molecular weight excluding hydrogens is 347 g/mol. The number of aliphatic imine (C=N–C) groups is 1. The van der Waals surface area contributed by atoms with Crippen LogP contribution in [-0.4, -0.2) is 55.1 Å². The van der Waals surface area contributed by atoms with Gasteiger partial charge in [0.25, 0.3) is 0 Å². The topological polar surface area (TPSA) is 57.1 Å². The van der Waals surface area contributed by atoms with E-state index in [4.69, 9.17) is 0 Å². The average Bonchev–Trinajstić information content (AvgIpc) is 3.12. The van der Waals surface area contributed by atoms with Crippen LogP contribution in [0.15, 0.2) is 29.3 Å². The number of aliphatic hydroxyl groups excluding tert-OH is 1. The van der Waals surface area contributed by atoms with E-state index in [1.807, 2.05) is 6.92 Å². The van der Waals surface area contributed by atoms with Crippen molar-refractivity contribution in [3.63, 3.8) is 0 Å². The molecule has 8 heteroatoms. The third-order valence-corrected chi connectivity index (χ3v) is 4.18. The van der Waals surface area contributed by atoms with Crippen LogP contribution in [0.3, 0.4) is 0 Å². The lowest BCUT2D eigenvalue weighted by Crippen LogP contribution is -2.40. The molecule has 0 bridgehead atoms. The number of ether oxygens (including phenoxy) is 1. The third kappa shape index (κ3) is 6.74. The summed E-state index contributed by atoms with van der Waals surface area (Å²) in [5, 5.41) is 12.9. The van der Waals surface area contributed by atoms with Crippen molar-refractivity contribution in [2.75, 3.05) is 32.8 Å². The molecule has 0 aliphatic carbocycles. The van der Waals surface area contributed by atoms with Crippen LogP contribution >= 0.6 is 0 Å². The second kappa shape index (κ2) is 9.66. The fraction of sp³-hybridized carbons (Fsp3) is 0.611. The zero-order chi connectivity index (χ0) is 19.0. The summed E-state index contributed by atoms with van der Waals surface area (Å²) >= 11 is 0. The van der Waals surface area contributed by atoms with E-state index < -0.39 is 6.36 Å². The van der Waals surface area contributed by atoms with Crippen LogP contribution in [-0.2, 0) is 6.42 Å². The molecule has 1 fully saturated rings. The van der Waals surface area contributed by atoms with Crippen molar-refractivity contribution < 1.29 is 23.0 Å². The lowest BCUT2D eigenvalue weighted by molar-refractivity contribution is -0.274. The minimum absolute atomic E-state index is 0.0380. The van der Waals surface area contributed by atoms with Gasteiger partial charge in [-0.2, -0.15) is 0 Å². The van der Waals surface area contributed by atoms with Crippen molar-refractivity contribution in [3.8, 4) is 5.75 Å². The van der Waals surface area contributed by atoms with Gasteiger partial charge in [0.15, 0.2) is 5.96 Å². The number of alkyl halides is 3. The molecule has 1 saturated heterocycles. The summed E-state index contributed by atoms with van der Waals surface area (Å²) in [5.41, 5.74) is 0.833. The van der Waals surface area contributed by atoms with Gasteiger partial charge in [-0.3, -0.25) is 4.99 Å². The minimum atomic E-state index is -4.69. The Hall–Kier alpha value is -1.96. The first-order valence-electron chi connectivity index (χ1n) is 8.90. The highest BCUT2D eigenvalue weighted by Gasteiger charge is 2.31. The largest absolute Gasteiger partial charge is 0.573 e. The zero-order valence-electron chi connectivity index (χ0n) is 14.9. The van der Waals surface area contributed by atoms with E-state index in [1.165, 1.54) is 12.1 Å². The summed E-state index contributed by atoms with van der Waals surface area (Å²) in [6.45, 7) is 5.17. The Labute approximate surface area is 151 Å². The van der Waals surface area contributed by atoms with Gasteiger partial charge in [0, 0.05) is 38.7 Å². The highest BCUT2D eigenvalue weighted by molar-refractivity contribution is 5.80. The number of rotatable bonds is 7. The van der Waals surface area contributed by atoms with Crippen LogP contribution in [0.1, 0.15) is 25.3 Å². The third-order valence-electron chi connectivity index (χ3n) is 4.18. The molecule has 1 aromatic carbocycles. The van der Waals surface area contributed by atoms with Crippen LogP contribution in [0.2, 0.25) is 0 Å². The fourth-order valence-electron chi connectivity index (χ4n) is 2.92. The maximum absolute atomic E-state index is 12.2. The number of likely N-dealkylation sites (tertiary alicyclic amines) is 1. The van der Waals surface area contributed by atoms with E-state index in [9.17, 15) is 18.3 Å². The first-order chi connectivity index (χ1) is 12.4. The SMILES string of the molecule is CCNC(=NCC(CO)Cc1ccc(OC(F)(F)F)cc1)N1CCCC1. The first kappa shape index (κ1) is 20.4. The molecular formula is C18H26F3N3O2. The average molecular weight is 373 g/mol. The molecule has 2 N–H and O–H groups in total. The number of guanidine groups is 1. The number of aliphatic hydroxyl groups is 1. The number of nitrogens with zero attached hydrogens (tertiary/aromatic N) is 2. The van der Waals surface area contributed by atoms with E-state index in [-0.39, 0.29) is 18.3 Å². The summed E-state index contributed by atoms with van der Waals surface area (Å²) < 4.78 is 40.4. The Morgan fingerprint density at radius 1 is 1.27 bits per heavy atom. The van der Waals surface area contributed by atoms with Gasteiger partial charge < -0.3 is 20.1 Å². The van der Waals surface area contributed by atoms with E-state index in [1.54, 1.807) is 12.1 Å². The first-order valence-corrected chi connectivity index (χ1v) is 8.90. The quantitative estimate of drug-likeness (QED) is 0.570. The predicted molar refractivity (Wildman–Crippen MR) is 94.2 cm³/mol. The fourth-order valence-corrected chi connectivity index (χ4v) is 2.92. The Kier molecular flexibility index (Phi) is 7.56. The minimum Gasteiger partial charge on any atom is -0.406 e. The molecule has 1 aromatic rings. The van der Waals surface area contributed by atoms with Gasteiger partial charge in [-0.15, -0.1) is 13.2 Å². The van der Waals surface area contributed by atoms with E-state index >= 15 is 0 Å². The predicted octanol–water partition coefficient (Wildman–Crippen LogP) is 2.80. The molecule has 0 aromatic heterocycles. The highest BCUT2D eigenvalue weighted by atomic mass is 19.4. The molecule has 1 heterocycles. The Morgan fingerprint density at radius 2 is 1.92 bits per heavy atom. The number of nitrogens with one attached hydrogen (secondary N) is 1. The highest BCUT2D eigenvalue weighted by Crippen LogP contribution is 2.23. The van der Waals surface area contributed by atoms with Crippen molar-refractivity contribution >= 4 is 5.96 Å². The second-order valence-electron chi connectivity index (χ2n) is 6.33. The molecule has 1 aliphatic heterocycles. The van der Waals surface area contributed by atoms with Crippen LogP contribution < -0.4 is 10.1 Å². The maximum Gasteiger partial charge on any atom is 0.573 e. The van der Waals surface area contributed by atoms with Gasteiger partial charge in [-0.1, -0.05) is 12.1 Å². The molecule has 0 spiro atoms. The maximum atomic E-state index is 12.2. The summed E-state index contributed by atoms with van der Waals surface area (Å²) in [7, 11) is 0. The second-order valence-corrected chi connectivity index (χ2v) is 6.33. The van der Waals surface area contributed by atoms with E-state index in [0.29, 0.717) is 13.0 Å². The van der Waals surface area contributed by atoms with Crippen molar-refractivity contribution in [2.45, 2.75) is 32.5 Å². The van der Waals surface area contributed by atoms with Crippen LogP contribution in [0, 0.1) is 5.92 Å². The summed E-state index contributed by atoms with van der Waals surface area (Å²) in [5.74, 6) is 0.515. The van der Waals surface area contributed by atoms with E-state index in [2.05, 4.69) is 19.9 Å². The Bertz CT molecular complexity index is 570. The summed E-state index contributed by atoms with van der Waals surface area (Å²) in [6.07, 6.45) is -1.85. The molecule has 5 nitrogen and oxygen atoms in total. The number of halogens is 3. The Balaban J connectivity index is 1.94. The van der Waals surface area contributed by atoms with Crippen LogP contribution in [0.4, 0.5) is 13.2 Å². The molecule has 0 radical (unpaired) electrons. The molecule has 1 unspecified atom stereocenters. The summed E-state index contributed by atoms with van der Waals surface area (Å²) in [4.78, 5) is 6.84. The lowest BCUT2D eigenvalue weighted by Gasteiger charge is -2.22. The molecule has 2 rings (SSSR count). The van der Waals surface area contributed by atoms with Crippen molar-refractivity contribution in [1.82, 2.24) is 10.2 Å². The number of benzene rings is 1. The van der Waals surface area contributed by atoms with Gasteiger partial charge in [0.05, 0.1) is 0 Å². The smallest absolute Gasteiger partial charge is 0.406 e. The zero-order valence-corrected chi connectivity index (χ0v) is 14.9. The van der Waals surface area contributed by atoms with Gasteiger partial charge in [-0.25, -0.2) is 0 Å². The standard InChI is InChI=1S/C18H26F3N3O2/c1-2-22-17(24-9-3-4-10-24)23-12-15(13-25)11-14-5-7-16(8-6-14)26-18(19,20)21/h5-8,15,25H,2-4,9-13H2,1H3,(H,22,23). The van der Waals surface area contributed by atoms with Gasteiger partial charge in [0.2, 0.25) is 0 Å². The van der Waals surface area contributed by atoms with Crippen molar-refractivity contribution in [3.05, 3.63) is 29.8 Å². The van der Waals surface area contributed by atoms with Gasteiger partial charge >= 0.3 is 6.36 Å². The van der Waals surface area contributed by atoms with Crippen molar-refractivity contribution in [2.24, 2.45) is 10.9 Å². The molecule has 0 saturated carbocycles. The molecule has 1 aliphatic rings. The molecule has 26 heavy (non-hydrogen) atoms. The monoisotopic (exact) mass is 373 g/mol. The Morgan fingerprint density at radius 3 is 2.46 bits per heavy atom. The van der Waals surface area contributed by atoms with Gasteiger partial charge in [-0.05, 0) is 43.9 Å². The number of hydrogen-bond donors (Lipinski definition) is 2.